The Balaban J connectivity index is 1.39. The predicted molar refractivity (Wildman–Crippen MR) is 101 cm³/mol. The first-order chi connectivity index (χ1) is 12.6. The molecule has 0 saturated carbocycles. The third-order valence-corrected chi connectivity index (χ3v) is 5.24. The van der Waals surface area contributed by atoms with E-state index in [0.717, 1.165) is 55.1 Å². The molecule has 1 aliphatic rings. The van der Waals surface area contributed by atoms with Crippen molar-refractivity contribution in [1.82, 2.24) is 25.1 Å². The lowest BCUT2D eigenvalue weighted by Gasteiger charge is -2.22. The summed E-state index contributed by atoms with van der Waals surface area (Å²) in [5, 5.41) is 8.73. The Hall–Kier alpha value is -2.63. The number of para-hydroxylation sites is 1. The average Bonchev–Trinajstić information content (AvgIpc) is 3.17. The van der Waals surface area contributed by atoms with Crippen molar-refractivity contribution in [3.05, 3.63) is 47.2 Å². The molecule has 0 radical (unpaired) electrons. The van der Waals surface area contributed by atoms with Crippen molar-refractivity contribution in [3.8, 4) is 0 Å². The van der Waals surface area contributed by atoms with Crippen LogP contribution in [0.15, 0.2) is 24.3 Å². The summed E-state index contributed by atoms with van der Waals surface area (Å²) >= 11 is 0. The van der Waals surface area contributed by atoms with Gasteiger partial charge in [0.2, 0.25) is 5.91 Å². The molecule has 2 N–H and O–H groups in total. The number of nitrogens with one attached hydrogen (secondary N) is 2. The number of benzene rings is 1. The van der Waals surface area contributed by atoms with Gasteiger partial charge >= 0.3 is 0 Å². The van der Waals surface area contributed by atoms with Crippen LogP contribution in [-0.2, 0) is 17.8 Å². The highest BCUT2D eigenvalue weighted by molar-refractivity contribution is 5.90. The van der Waals surface area contributed by atoms with E-state index in [1.165, 1.54) is 10.9 Å². The van der Waals surface area contributed by atoms with Gasteiger partial charge in [0.05, 0.1) is 5.92 Å². The van der Waals surface area contributed by atoms with Crippen LogP contribution in [0.1, 0.15) is 48.1 Å². The van der Waals surface area contributed by atoms with Gasteiger partial charge in [0.25, 0.3) is 0 Å². The molecule has 6 heteroatoms. The second-order valence-electron chi connectivity index (χ2n) is 7.08. The van der Waals surface area contributed by atoms with Gasteiger partial charge in [0, 0.05) is 29.7 Å². The molecule has 1 atom stereocenters. The molecule has 2 heterocycles. The molecule has 2 aromatic heterocycles. The van der Waals surface area contributed by atoms with Gasteiger partial charge in [-0.05, 0) is 51.2 Å². The molecular weight excluding hydrogens is 326 g/mol. The molecule has 26 heavy (non-hydrogen) atoms. The summed E-state index contributed by atoms with van der Waals surface area (Å²) in [7, 11) is 0. The maximum absolute atomic E-state index is 12.8. The standard InChI is InChI=1S/C20H25N5O/c1-13-22-14(2)25(24-13)12-6-11-21-20(26)17-9-5-8-16-15-7-3-4-10-18(15)23-19(16)17/h3-4,7,10,17,23H,5-6,8-9,11-12H2,1-2H3,(H,21,26)/t17-/m0/s1. The zero-order chi connectivity index (χ0) is 18.1. The Morgan fingerprint density at radius 1 is 1.35 bits per heavy atom. The molecule has 0 saturated heterocycles. The summed E-state index contributed by atoms with van der Waals surface area (Å²) < 4.78 is 1.90. The Morgan fingerprint density at radius 3 is 3.00 bits per heavy atom. The number of rotatable bonds is 5. The molecule has 136 valence electrons. The normalized spacial score (nSPS) is 16.6. The van der Waals surface area contributed by atoms with Crippen LogP contribution in [0.4, 0.5) is 0 Å². The summed E-state index contributed by atoms with van der Waals surface area (Å²) in [5.74, 6) is 1.77. The smallest absolute Gasteiger partial charge is 0.229 e. The first kappa shape index (κ1) is 16.8. The highest BCUT2D eigenvalue weighted by atomic mass is 16.1. The lowest BCUT2D eigenvalue weighted by molar-refractivity contribution is -0.122. The molecule has 0 bridgehead atoms. The maximum atomic E-state index is 12.8. The topological polar surface area (TPSA) is 75.6 Å². The Labute approximate surface area is 153 Å². The predicted octanol–water partition coefficient (Wildman–Crippen LogP) is 3.00. The van der Waals surface area contributed by atoms with Gasteiger partial charge in [-0.25, -0.2) is 4.98 Å². The largest absolute Gasteiger partial charge is 0.357 e. The quantitative estimate of drug-likeness (QED) is 0.694. The molecule has 0 spiro atoms. The second-order valence-corrected chi connectivity index (χ2v) is 7.08. The Bertz CT molecular complexity index is 939. The van der Waals surface area contributed by atoms with E-state index in [9.17, 15) is 4.79 Å². The van der Waals surface area contributed by atoms with Crippen LogP contribution in [0.25, 0.3) is 10.9 Å². The van der Waals surface area contributed by atoms with Gasteiger partial charge in [-0.3, -0.25) is 9.48 Å². The fourth-order valence-electron chi connectivity index (χ4n) is 4.01. The highest BCUT2D eigenvalue weighted by Gasteiger charge is 2.29. The molecule has 4 rings (SSSR count). The Kier molecular flexibility index (Phi) is 4.49. The number of nitrogens with zero attached hydrogens (tertiary/aromatic N) is 3. The van der Waals surface area contributed by atoms with E-state index in [4.69, 9.17) is 0 Å². The zero-order valence-electron chi connectivity index (χ0n) is 15.4. The third kappa shape index (κ3) is 3.11. The van der Waals surface area contributed by atoms with Crippen molar-refractivity contribution >= 4 is 16.8 Å². The van der Waals surface area contributed by atoms with Crippen LogP contribution in [-0.4, -0.2) is 32.2 Å². The van der Waals surface area contributed by atoms with Crippen LogP contribution < -0.4 is 5.32 Å². The number of amides is 1. The van der Waals surface area contributed by atoms with E-state index < -0.39 is 0 Å². The van der Waals surface area contributed by atoms with Gasteiger partial charge in [0.15, 0.2) is 0 Å². The van der Waals surface area contributed by atoms with E-state index >= 15 is 0 Å². The molecule has 1 aliphatic carbocycles. The van der Waals surface area contributed by atoms with Crippen LogP contribution in [0.2, 0.25) is 0 Å². The lowest BCUT2D eigenvalue weighted by atomic mass is 9.86. The third-order valence-electron chi connectivity index (χ3n) is 5.24. The average molecular weight is 351 g/mol. The zero-order valence-corrected chi connectivity index (χ0v) is 15.4. The van der Waals surface area contributed by atoms with Gasteiger partial charge in [0.1, 0.15) is 11.6 Å². The number of aromatic amines is 1. The first-order valence-corrected chi connectivity index (χ1v) is 9.38. The van der Waals surface area contributed by atoms with E-state index in [-0.39, 0.29) is 11.8 Å². The molecule has 0 unspecified atom stereocenters. The van der Waals surface area contributed by atoms with Crippen molar-refractivity contribution in [2.45, 2.75) is 52.0 Å². The number of carbonyl (C=O) groups is 1. The molecule has 3 aromatic rings. The molecule has 1 aromatic carbocycles. The van der Waals surface area contributed by atoms with Crippen LogP contribution >= 0.6 is 0 Å². The monoisotopic (exact) mass is 351 g/mol. The van der Waals surface area contributed by atoms with Crippen molar-refractivity contribution in [3.63, 3.8) is 0 Å². The lowest BCUT2D eigenvalue weighted by Crippen LogP contribution is -2.32. The fourth-order valence-corrected chi connectivity index (χ4v) is 4.01. The summed E-state index contributed by atoms with van der Waals surface area (Å²) in [6.07, 6.45) is 3.87. The van der Waals surface area contributed by atoms with Gasteiger partial charge < -0.3 is 10.3 Å². The number of H-pyrrole nitrogens is 1. The minimum Gasteiger partial charge on any atom is -0.357 e. The minimum absolute atomic E-state index is 0.0681. The van der Waals surface area contributed by atoms with Gasteiger partial charge in [-0.2, -0.15) is 5.10 Å². The summed E-state index contributed by atoms with van der Waals surface area (Å²) in [5.41, 5.74) is 3.56. The molecule has 6 nitrogen and oxygen atoms in total. The van der Waals surface area contributed by atoms with Crippen molar-refractivity contribution in [2.24, 2.45) is 0 Å². The number of hydrogen-bond acceptors (Lipinski definition) is 3. The maximum Gasteiger partial charge on any atom is 0.229 e. The van der Waals surface area contributed by atoms with E-state index in [1.807, 2.05) is 24.6 Å². The van der Waals surface area contributed by atoms with Crippen molar-refractivity contribution in [1.29, 1.82) is 0 Å². The molecular formula is C20H25N5O. The van der Waals surface area contributed by atoms with Crippen LogP contribution in [0.5, 0.6) is 0 Å². The fraction of sp³-hybridized carbons (Fsp3) is 0.450. The number of aromatic nitrogens is 4. The van der Waals surface area contributed by atoms with Gasteiger partial charge in [-0.1, -0.05) is 18.2 Å². The van der Waals surface area contributed by atoms with Gasteiger partial charge in [-0.15, -0.1) is 0 Å². The number of hydrogen-bond donors (Lipinski definition) is 2. The second kappa shape index (κ2) is 6.94. The minimum atomic E-state index is -0.0681. The molecule has 1 amide bonds. The highest BCUT2D eigenvalue weighted by Crippen LogP contribution is 2.36. The van der Waals surface area contributed by atoms with E-state index in [0.29, 0.717) is 6.54 Å². The van der Waals surface area contributed by atoms with E-state index in [1.54, 1.807) is 0 Å². The molecule has 0 fully saturated rings. The van der Waals surface area contributed by atoms with Crippen molar-refractivity contribution < 1.29 is 4.79 Å². The summed E-state index contributed by atoms with van der Waals surface area (Å²) in [6.45, 7) is 5.28. The van der Waals surface area contributed by atoms with E-state index in [2.05, 4.69) is 38.6 Å². The van der Waals surface area contributed by atoms with Crippen LogP contribution in [0.3, 0.4) is 0 Å². The summed E-state index contributed by atoms with van der Waals surface area (Å²) in [6, 6.07) is 8.33. The number of carbonyl (C=O) groups excluding carboxylic acids is 1. The summed E-state index contributed by atoms with van der Waals surface area (Å²) in [4.78, 5) is 20.5. The van der Waals surface area contributed by atoms with Crippen molar-refractivity contribution in [2.75, 3.05) is 6.54 Å². The molecule has 0 aliphatic heterocycles. The Morgan fingerprint density at radius 2 is 2.19 bits per heavy atom. The SMILES string of the molecule is Cc1nc(C)n(CCCNC(=O)[C@H]2CCCc3c2[nH]c2ccccc32)n1. The number of fused-ring (bicyclic) bond motifs is 3. The van der Waals surface area contributed by atoms with Crippen LogP contribution in [0, 0.1) is 13.8 Å². The first-order valence-electron chi connectivity index (χ1n) is 9.38. The number of aryl methyl sites for hydroxylation is 4.